The number of hydrogen-bond acceptors (Lipinski definition) is 3. The number of likely N-dealkylation sites (tertiary alicyclic amines) is 1. The molecule has 158 valence electrons. The SMILES string of the molecule is Cc1ccc(C(CC(=O)Nc2ccc(Cl)cc2)N2C(=O)C3C4C=CC(C4)C3C2=O)cc1. The van der Waals surface area contributed by atoms with Gasteiger partial charge in [0.05, 0.1) is 24.3 Å². The number of benzene rings is 2. The summed E-state index contributed by atoms with van der Waals surface area (Å²) in [6.45, 7) is 1.98. The van der Waals surface area contributed by atoms with Crippen molar-refractivity contribution in [3.63, 3.8) is 0 Å². The summed E-state index contributed by atoms with van der Waals surface area (Å²) in [6.07, 6.45) is 5.04. The van der Waals surface area contributed by atoms with Crippen LogP contribution in [0.5, 0.6) is 0 Å². The van der Waals surface area contributed by atoms with Gasteiger partial charge in [-0.1, -0.05) is 53.6 Å². The number of nitrogens with zero attached hydrogens (tertiary/aromatic N) is 1. The van der Waals surface area contributed by atoms with Crippen molar-refractivity contribution in [2.24, 2.45) is 23.7 Å². The molecule has 3 amide bonds. The molecular formula is C25H23ClN2O3. The average molecular weight is 435 g/mol. The largest absolute Gasteiger partial charge is 0.326 e. The zero-order chi connectivity index (χ0) is 21.7. The molecule has 3 aliphatic rings. The summed E-state index contributed by atoms with van der Waals surface area (Å²) < 4.78 is 0. The Kier molecular flexibility index (Phi) is 4.94. The van der Waals surface area contributed by atoms with E-state index in [1.807, 2.05) is 31.2 Å². The Morgan fingerprint density at radius 1 is 1.00 bits per heavy atom. The van der Waals surface area contributed by atoms with Gasteiger partial charge in [0.25, 0.3) is 0 Å². The lowest BCUT2D eigenvalue weighted by molar-refractivity contribution is -0.144. The van der Waals surface area contributed by atoms with Crippen LogP contribution in [0.2, 0.25) is 5.02 Å². The highest BCUT2D eigenvalue weighted by Gasteiger charge is 2.60. The van der Waals surface area contributed by atoms with Gasteiger partial charge in [0.2, 0.25) is 17.7 Å². The molecule has 6 heteroatoms. The second kappa shape index (κ2) is 7.65. The summed E-state index contributed by atoms with van der Waals surface area (Å²) in [5.74, 6) is -0.833. The Hall–Kier alpha value is -2.92. The van der Waals surface area contributed by atoms with Crippen molar-refractivity contribution in [3.05, 3.63) is 76.8 Å². The van der Waals surface area contributed by atoms with Crippen molar-refractivity contribution in [2.75, 3.05) is 5.32 Å². The fraction of sp³-hybridized carbons (Fsp3) is 0.320. The van der Waals surface area contributed by atoms with E-state index in [2.05, 4.69) is 17.5 Å². The van der Waals surface area contributed by atoms with Crippen LogP contribution in [-0.2, 0) is 14.4 Å². The third-order valence-electron chi connectivity index (χ3n) is 6.78. The normalized spacial score (nSPS) is 27.0. The van der Waals surface area contributed by atoms with Gasteiger partial charge in [0.15, 0.2) is 0 Å². The van der Waals surface area contributed by atoms with Crippen molar-refractivity contribution in [2.45, 2.75) is 25.8 Å². The third kappa shape index (κ3) is 3.47. The molecule has 1 saturated carbocycles. The summed E-state index contributed by atoms with van der Waals surface area (Å²) in [5.41, 5.74) is 2.49. The molecule has 1 aliphatic heterocycles. The second-order valence-electron chi connectivity index (χ2n) is 8.73. The van der Waals surface area contributed by atoms with Gasteiger partial charge in [-0.2, -0.15) is 0 Å². The number of amides is 3. The van der Waals surface area contributed by atoms with Gasteiger partial charge in [0, 0.05) is 10.7 Å². The van der Waals surface area contributed by atoms with Gasteiger partial charge in [-0.3, -0.25) is 19.3 Å². The summed E-state index contributed by atoms with van der Waals surface area (Å²) in [6, 6.07) is 13.9. The Morgan fingerprint density at radius 3 is 2.16 bits per heavy atom. The first-order valence-electron chi connectivity index (χ1n) is 10.6. The highest BCUT2D eigenvalue weighted by molar-refractivity contribution is 6.30. The van der Waals surface area contributed by atoms with E-state index >= 15 is 0 Å². The molecule has 2 aromatic carbocycles. The van der Waals surface area contributed by atoms with Crippen LogP contribution in [0, 0.1) is 30.6 Å². The summed E-state index contributed by atoms with van der Waals surface area (Å²) in [5, 5.41) is 3.44. The fourth-order valence-corrected chi connectivity index (χ4v) is 5.43. The average Bonchev–Trinajstić information content (AvgIpc) is 3.43. The molecule has 0 aromatic heterocycles. The quantitative estimate of drug-likeness (QED) is 0.555. The lowest BCUT2D eigenvalue weighted by atomic mass is 9.85. The molecule has 0 spiro atoms. The van der Waals surface area contributed by atoms with E-state index in [4.69, 9.17) is 11.6 Å². The fourth-order valence-electron chi connectivity index (χ4n) is 5.30. The molecule has 1 N–H and O–H groups in total. The van der Waals surface area contributed by atoms with Crippen molar-refractivity contribution in [1.82, 2.24) is 4.90 Å². The molecule has 1 saturated heterocycles. The van der Waals surface area contributed by atoms with Crippen molar-refractivity contribution >= 4 is 35.0 Å². The molecule has 5 atom stereocenters. The van der Waals surface area contributed by atoms with Crippen molar-refractivity contribution in [3.8, 4) is 0 Å². The minimum atomic E-state index is -0.627. The number of imide groups is 1. The first kappa shape index (κ1) is 20.0. The molecule has 1 heterocycles. The number of carbonyl (C=O) groups is 3. The van der Waals surface area contributed by atoms with Gasteiger partial charge < -0.3 is 5.32 Å². The Morgan fingerprint density at radius 2 is 1.58 bits per heavy atom. The van der Waals surface area contributed by atoms with Gasteiger partial charge in [-0.25, -0.2) is 0 Å². The number of halogens is 1. The third-order valence-corrected chi connectivity index (χ3v) is 7.04. The molecule has 31 heavy (non-hydrogen) atoms. The van der Waals surface area contributed by atoms with E-state index in [1.54, 1.807) is 24.3 Å². The standard InChI is InChI=1S/C25H23ClN2O3/c1-14-2-4-15(5-3-14)20(13-21(29)27-19-10-8-18(26)9-11-19)28-24(30)22-16-6-7-17(12-16)23(22)25(28)31/h2-11,16-17,20,22-23H,12-13H2,1H3,(H,27,29). The number of fused-ring (bicyclic) bond motifs is 5. The highest BCUT2D eigenvalue weighted by Crippen LogP contribution is 2.54. The first-order valence-corrected chi connectivity index (χ1v) is 11.0. The zero-order valence-electron chi connectivity index (χ0n) is 17.1. The maximum Gasteiger partial charge on any atom is 0.234 e. The van der Waals surface area contributed by atoms with Crippen LogP contribution in [0.1, 0.15) is 30.0 Å². The maximum absolute atomic E-state index is 13.4. The van der Waals surface area contributed by atoms with E-state index < -0.39 is 6.04 Å². The maximum atomic E-state index is 13.4. The Bertz CT molecular complexity index is 1050. The number of carbonyl (C=O) groups excluding carboxylic acids is 3. The van der Waals surface area contributed by atoms with E-state index in [0.29, 0.717) is 10.7 Å². The number of allylic oxidation sites excluding steroid dienone is 2. The smallest absolute Gasteiger partial charge is 0.234 e. The molecule has 2 aromatic rings. The zero-order valence-corrected chi connectivity index (χ0v) is 17.9. The molecule has 5 rings (SSSR count). The molecule has 5 unspecified atom stereocenters. The topological polar surface area (TPSA) is 66.5 Å². The monoisotopic (exact) mass is 434 g/mol. The van der Waals surface area contributed by atoms with Crippen LogP contribution in [0.15, 0.2) is 60.7 Å². The van der Waals surface area contributed by atoms with E-state index in [9.17, 15) is 14.4 Å². The molecule has 0 radical (unpaired) electrons. The number of hydrogen-bond donors (Lipinski definition) is 1. The lowest BCUT2D eigenvalue weighted by Crippen LogP contribution is -2.38. The minimum Gasteiger partial charge on any atom is -0.326 e. The van der Waals surface area contributed by atoms with E-state index in [-0.39, 0.29) is 47.8 Å². The van der Waals surface area contributed by atoms with Crippen molar-refractivity contribution in [1.29, 1.82) is 0 Å². The van der Waals surface area contributed by atoms with E-state index in [0.717, 1.165) is 17.5 Å². The number of rotatable bonds is 5. The predicted octanol–water partition coefficient (Wildman–Crippen LogP) is 4.53. The van der Waals surface area contributed by atoms with Crippen LogP contribution in [0.4, 0.5) is 5.69 Å². The molecular weight excluding hydrogens is 412 g/mol. The second-order valence-corrected chi connectivity index (χ2v) is 9.17. The van der Waals surface area contributed by atoms with E-state index in [1.165, 1.54) is 4.90 Å². The van der Waals surface area contributed by atoms with Crippen LogP contribution in [-0.4, -0.2) is 22.6 Å². The summed E-state index contributed by atoms with van der Waals surface area (Å²) in [4.78, 5) is 41.0. The lowest BCUT2D eigenvalue weighted by Gasteiger charge is -2.28. The first-order chi connectivity index (χ1) is 14.9. The number of nitrogens with one attached hydrogen (secondary N) is 1. The van der Waals surface area contributed by atoms with Crippen LogP contribution >= 0.6 is 11.6 Å². The molecule has 2 fully saturated rings. The summed E-state index contributed by atoms with van der Waals surface area (Å²) in [7, 11) is 0. The molecule has 2 bridgehead atoms. The van der Waals surface area contributed by atoms with Gasteiger partial charge in [-0.05, 0) is 55.0 Å². The van der Waals surface area contributed by atoms with Crippen molar-refractivity contribution < 1.29 is 14.4 Å². The van der Waals surface area contributed by atoms with Crippen LogP contribution in [0.25, 0.3) is 0 Å². The Balaban J connectivity index is 1.43. The molecule has 5 nitrogen and oxygen atoms in total. The predicted molar refractivity (Wildman–Crippen MR) is 118 cm³/mol. The molecule has 2 aliphatic carbocycles. The summed E-state index contributed by atoms with van der Waals surface area (Å²) >= 11 is 5.92. The van der Waals surface area contributed by atoms with Gasteiger partial charge >= 0.3 is 0 Å². The Labute approximate surface area is 186 Å². The number of aryl methyl sites for hydroxylation is 1. The van der Waals surface area contributed by atoms with Crippen LogP contribution < -0.4 is 5.32 Å². The minimum absolute atomic E-state index is 0.00533. The van der Waals surface area contributed by atoms with Gasteiger partial charge in [0.1, 0.15) is 0 Å². The highest BCUT2D eigenvalue weighted by atomic mass is 35.5. The van der Waals surface area contributed by atoms with Crippen LogP contribution in [0.3, 0.4) is 0 Å². The number of anilines is 1. The van der Waals surface area contributed by atoms with Gasteiger partial charge in [-0.15, -0.1) is 0 Å².